The number of benzene rings is 2. The highest BCUT2D eigenvalue weighted by Gasteiger charge is 2.27. The van der Waals surface area contributed by atoms with Crippen molar-refractivity contribution in [2.24, 2.45) is 5.10 Å². The first-order valence-corrected chi connectivity index (χ1v) is 12.2. The highest BCUT2D eigenvalue weighted by molar-refractivity contribution is 7.92. The molecule has 0 aliphatic rings. The summed E-state index contributed by atoms with van der Waals surface area (Å²) < 4.78 is 38.6. The normalized spacial score (nSPS) is 11.1. The summed E-state index contributed by atoms with van der Waals surface area (Å²) in [4.78, 5) is 16.7. The number of pyridine rings is 1. The monoisotopic (exact) mass is 494 g/mol. The van der Waals surface area contributed by atoms with Crippen LogP contribution in [0.2, 0.25) is 0 Å². The fourth-order valence-corrected chi connectivity index (χ4v) is 4.45. The quantitative estimate of drug-likeness (QED) is 0.235. The van der Waals surface area contributed by atoms with Crippen LogP contribution >= 0.6 is 0 Å². The Morgan fingerprint density at radius 3 is 2.60 bits per heavy atom. The number of sulfonamides is 1. The molecule has 3 rings (SSSR count). The highest BCUT2D eigenvalue weighted by Crippen LogP contribution is 2.28. The second-order valence-corrected chi connectivity index (χ2v) is 8.93. The van der Waals surface area contributed by atoms with Crippen molar-refractivity contribution >= 4 is 27.8 Å². The third kappa shape index (κ3) is 6.90. The van der Waals surface area contributed by atoms with Crippen LogP contribution in [0.4, 0.5) is 5.69 Å². The number of hydrazone groups is 1. The summed E-state index contributed by atoms with van der Waals surface area (Å²) in [5.74, 6) is 0.466. The minimum absolute atomic E-state index is 0.0578. The number of carbonyl (C=O) groups excluding carboxylic acids is 1. The van der Waals surface area contributed by atoms with Crippen LogP contribution < -0.4 is 19.2 Å². The third-order valence-corrected chi connectivity index (χ3v) is 6.37. The van der Waals surface area contributed by atoms with E-state index in [9.17, 15) is 13.2 Å². The maximum absolute atomic E-state index is 13.2. The molecule has 0 atom stereocenters. The van der Waals surface area contributed by atoms with Crippen molar-refractivity contribution in [3.8, 4) is 11.5 Å². The van der Waals surface area contributed by atoms with Gasteiger partial charge in [0.15, 0.2) is 11.5 Å². The molecule has 1 heterocycles. The average molecular weight is 495 g/mol. The molecule has 2 aromatic carbocycles. The van der Waals surface area contributed by atoms with E-state index in [1.165, 1.54) is 30.7 Å². The Morgan fingerprint density at radius 1 is 1.11 bits per heavy atom. The van der Waals surface area contributed by atoms with Crippen LogP contribution in [0.1, 0.15) is 12.5 Å². The standard InChI is InChI=1S/C25H26N4O5S/c1-3-15-34-23-13-12-20(16-24(23)33-4-2)17-27-28-25(30)19-29(21-9-8-14-26-18-21)35(31,32)22-10-6-5-7-11-22/h3,5-14,16-18H,1,4,15,19H2,2H3,(H,28,30)/b27-17-. The molecule has 0 aliphatic heterocycles. The van der Waals surface area contributed by atoms with Gasteiger partial charge in [-0.05, 0) is 55.0 Å². The van der Waals surface area contributed by atoms with Gasteiger partial charge in [0.05, 0.1) is 29.6 Å². The first kappa shape index (κ1) is 25.4. The van der Waals surface area contributed by atoms with Crippen molar-refractivity contribution in [2.75, 3.05) is 24.1 Å². The first-order chi connectivity index (χ1) is 17.0. The van der Waals surface area contributed by atoms with Gasteiger partial charge in [0.1, 0.15) is 13.2 Å². The molecular formula is C25H26N4O5S. The van der Waals surface area contributed by atoms with Crippen molar-refractivity contribution in [3.63, 3.8) is 0 Å². The van der Waals surface area contributed by atoms with Gasteiger partial charge in [0, 0.05) is 6.20 Å². The summed E-state index contributed by atoms with van der Waals surface area (Å²) >= 11 is 0. The van der Waals surface area contributed by atoms with Crippen LogP contribution in [0.15, 0.2) is 95.7 Å². The first-order valence-electron chi connectivity index (χ1n) is 10.8. The number of aromatic nitrogens is 1. The number of nitrogens with one attached hydrogen (secondary N) is 1. The molecule has 0 bridgehead atoms. The number of carbonyl (C=O) groups is 1. The van der Waals surface area contributed by atoms with Gasteiger partial charge in [-0.25, -0.2) is 13.8 Å². The smallest absolute Gasteiger partial charge is 0.264 e. The summed E-state index contributed by atoms with van der Waals surface area (Å²) in [6.45, 7) is 5.78. The number of hydrogen-bond acceptors (Lipinski definition) is 7. The topological polar surface area (TPSA) is 110 Å². The highest BCUT2D eigenvalue weighted by atomic mass is 32.2. The van der Waals surface area contributed by atoms with E-state index in [0.717, 1.165) is 4.31 Å². The van der Waals surface area contributed by atoms with Gasteiger partial charge < -0.3 is 9.47 Å². The van der Waals surface area contributed by atoms with Crippen molar-refractivity contribution in [2.45, 2.75) is 11.8 Å². The van der Waals surface area contributed by atoms with Gasteiger partial charge in [-0.15, -0.1) is 0 Å². The maximum Gasteiger partial charge on any atom is 0.264 e. The molecule has 0 fully saturated rings. The number of hydrogen-bond donors (Lipinski definition) is 1. The zero-order valence-corrected chi connectivity index (χ0v) is 20.0. The van der Waals surface area contributed by atoms with Gasteiger partial charge in [-0.1, -0.05) is 30.9 Å². The fourth-order valence-electron chi connectivity index (χ4n) is 3.02. The lowest BCUT2D eigenvalue weighted by Crippen LogP contribution is -2.39. The summed E-state index contributed by atoms with van der Waals surface area (Å²) in [5.41, 5.74) is 3.28. The zero-order chi connectivity index (χ0) is 25.1. The lowest BCUT2D eigenvalue weighted by atomic mass is 10.2. The Bertz CT molecular complexity index is 1270. The van der Waals surface area contributed by atoms with E-state index in [1.54, 1.807) is 54.6 Å². The summed E-state index contributed by atoms with van der Waals surface area (Å²) in [7, 11) is -4.01. The molecule has 10 heteroatoms. The minimum Gasteiger partial charge on any atom is -0.490 e. The summed E-state index contributed by atoms with van der Waals surface area (Å²) in [6, 6.07) is 16.2. The van der Waals surface area contributed by atoms with Crippen LogP contribution in [-0.2, 0) is 14.8 Å². The van der Waals surface area contributed by atoms with Crippen LogP contribution in [0, 0.1) is 0 Å². The molecule has 35 heavy (non-hydrogen) atoms. The average Bonchev–Trinajstić information content (AvgIpc) is 2.88. The van der Waals surface area contributed by atoms with Crippen molar-refractivity contribution < 1.29 is 22.7 Å². The number of rotatable bonds is 12. The lowest BCUT2D eigenvalue weighted by molar-refractivity contribution is -0.119. The fraction of sp³-hybridized carbons (Fsp3) is 0.160. The van der Waals surface area contributed by atoms with E-state index in [1.807, 2.05) is 6.92 Å². The Morgan fingerprint density at radius 2 is 1.91 bits per heavy atom. The molecule has 0 saturated heterocycles. The van der Waals surface area contributed by atoms with Crippen LogP contribution in [0.25, 0.3) is 0 Å². The molecule has 0 radical (unpaired) electrons. The molecule has 0 unspecified atom stereocenters. The lowest BCUT2D eigenvalue weighted by Gasteiger charge is -2.23. The van der Waals surface area contributed by atoms with Gasteiger partial charge in [0.2, 0.25) is 0 Å². The molecule has 3 aromatic rings. The molecule has 0 spiro atoms. The maximum atomic E-state index is 13.2. The summed E-state index contributed by atoms with van der Waals surface area (Å²) in [6.07, 6.45) is 5.96. The molecule has 182 valence electrons. The van der Waals surface area contributed by atoms with Crippen LogP contribution in [-0.4, -0.2) is 45.3 Å². The predicted molar refractivity (Wildman–Crippen MR) is 134 cm³/mol. The number of nitrogens with zero attached hydrogens (tertiary/aromatic N) is 3. The Balaban J connectivity index is 1.75. The zero-order valence-electron chi connectivity index (χ0n) is 19.2. The Kier molecular flexibility index (Phi) is 8.96. The van der Waals surface area contributed by atoms with Crippen molar-refractivity contribution in [3.05, 3.63) is 91.3 Å². The third-order valence-electron chi connectivity index (χ3n) is 4.58. The van der Waals surface area contributed by atoms with E-state index in [2.05, 4.69) is 22.1 Å². The van der Waals surface area contributed by atoms with Crippen molar-refractivity contribution in [1.29, 1.82) is 0 Å². The van der Waals surface area contributed by atoms with Gasteiger partial charge >= 0.3 is 0 Å². The molecule has 9 nitrogen and oxygen atoms in total. The second kappa shape index (κ2) is 12.3. The molecule has 1 amide bonds. The van der Waals surface area contributed by atoms with E-state index in [4.69, 9.17) is 9.47 Å². The summed E-state index contributed by atoms with van der Waals surface area (Å²) in [5, 5.41) is 3.96. The number of anilines is 1. The Hall–Kier alpha value is -4.18. The van der Waals surface area contributed by atoms with E-state index < -0.39 is 22.5 Å². The molecule has 0 aliphatic carbocycles. The Labute approximate surface area is 204 Å². The van der Waals surface area contributed by atoms with Crippen LogP contribution in [0.3, 0.4) is 0 Å². The minimum atomic E-state index is -4.01. The molecule has 1 aromatic heterocycles. The van der Waals surface area contributed by atoms with E-state index in [0.29, 0.717) is 30.3 Å². The van der Waals surface area contributed by atoms with Gasteiger partial charge in [-0.2, -0.15) is 5.10 Å². The van der Waals surface area contributed by atoms with E-state index in [-0.39, 0.29) is 10.6 Å². The number of amides is 1. The number of ether oxygens (including phenoxy) is 2. The van der Waals surface area contributed by atoms with Gasteiger partial charge in [-0.3, -0.25) is 14.1 Å². The molecular weight excluding hydrogens is 468 g/mol. The van der Waals surface area contributed by atoms with Crippen molar-refractivity contribution in [1.82, 2.24) is 10.4 Å². The van der Waals surface area contributed by atoms with E-state index >= 15 is 0 Å². The second-order valence-electron chi connectivity index (χ2n) is 7.07. The molecule has 1 N–H and O–H groups in total. The predicted octanol–water partition coefficient (Wildman–Crippen LogP) is 3.39. The van der Waals surface area contributed by atoms with Gasteiger partial charge in [0.25, 0.3) is 15.9 Å². The SMILES string of the molecule is C=CCOc1ccc(/C=N\NC(=O)CN(c2cccnc2)S(=O)(=O)c2ccccc2)cc1OCC. The molecule has 0 saturated carbocycles. The largest absolute Gasteiger partial charge is 0.490 e. The van der Waals surface area contributed by atoms with Crippen LogP contribution in [0.5, 0.6) is 11.5 Å².